The molecular weight excluding hydrogens is 560 g/mol. The highest BCUT2D eigenvalue weighted by molar-refractivity contribution is 6.04. The Balaban J connectivity index is 1.85. The Morgan fingerprint density at radius 3 is 2.09 bits per heavy atom. The van der Waals surface area contributed by atoms with Gasteiger partial charge in [-0.3, -0.25) is 14.4 Å². The molecule has 0 radical (unpaired) electrons. The molecule has 236 valence electrons. The van der Waals surface area contributed by atoms with Gasteiger partial charge in [-0.1, -0.05) is 38.1 Å². The monoisotopic (exact) mass is 604 g/mol. The van der Waals surface area contributed by atoms with Crippen LogP contribution in [0.5, 0.6) is 11.5 Å². The standard InChI is InChI=1S/C34H44N4O6/c1-5-14-38(15-6-2)34(42)27-19-25(32(35)40)18-26(20-27)33(41)37-30(17-23-10-12-28(43-3)13-11-23)31(39)22-36-21-24-8-7-9-29(16-24)44-4/h7-13,16,18-20,30-31,36,39H,5-6,14-15,17,21-22H2,1-4H3,(H2,35,40)(H,37,41)/t30?,31-/m1/s1. The highest BCUT2D eigenvalue weighted by Crippen LogP contribution is 2.17. The molecule has 44 heavy (non-hydrogen) atoms. The first-order valence-corrected chi connectivity index (χ1v) is 14.9. The van der Waals surface area contributed by atoms with Crippen LogP contribution in [0.4, 0.5) is 0 Å². The number of nitrogens with zero attached hydrogens (tertiary/aromatic N) is 1. The molecule has 0 saturated carbocycles. The molecule has 0 fully saturated rings. The number of aliphatic hydroxyl groups is 1. The zero-order valence-electron chi connectivity index (χ0n) is 26.0. The van der Waals surface area contributed by atoms with Crippen molar-refractivity contribution in [2.45, 2.75) is 51.8 Å². The lowest BCUT2D eigenvalue weighted by atomic mass is 9.99. The van der Waals surface area contributed by atoms with Crippen LogP contribution in [0.2, 0.25) is 0 Å². The van der Waals surface area contributed by atoms with E-state index in [1.807, 2.05) is 62.4 Å². The van der Waals surface area contributed by atoms with Gasteiger partial charge in [0.05, 0.1) is 26.4 Å². The fourth-order valence-corrected chi connectivity index (χ4v) is 4.90. The first kappa shape index (κ1) is 34.1. The second-order valence-electron chi connectivity index (χ2n) is 10.6. The fourth-order valence-electron chi connectivity index (χ4n) is 4.90. The number of carbonyl (C=O) groups is 3. The lowest BCUT2D eigenvalue weighted by Crippen LogP contribution is -2.48. The second-order valence-corrected chi connectivity index (χ2v) is 10.6. The summed E-state index contributed by atoms with van der Waals surface area (Å²) < 4.78 is 10.5. The van der Waals surface area contributed by atoms with E-state index in [9.17, 15) is 19.5 Å². The van der Waals surface area contributed by atoms with E-state index in [1.54, 1.807) is 19.1 Å². The van der Waals surface area contributed by atoms with Gasteiger partial charge in [-0.25, -0.2) is 0 Å². The predicted octanol–water partition coefficient (Wildman–Crippen LogP) is 3.56. The molecule has 0 spiro atoms. The molecule has 3 amide bonds. The molecule has 0 saturated heterocycles. The number of hydrogen-bond acceptors (Lipinski definition) is 7. The number of methoxy groups -OCH3 is 2. The van der Waals surface area contributed by atoms with Crippen molar-refractivity contribution in [1.82, 2.24) is 15.5 Å². The van der Waals surface area contributed by atoms with E-state index in [-0.39, 0.29) is 29.1 Å². The van der Waals surface area contributed by atoms with Crippen molar-refractivity contribution in [3.63, 3.8) is 0 Å². The zero-order chi connectivity index (χ0) is 32.1. The van der Waals surface area contributed by atoms with Gasteiger partial charge in [-0.2, -0.15) is 0 Å². The molecule has 0 aliphatic heterocycles. The normalized spacial score (nSPS) is 12.2. The summed E-state index contributed by atoms with van der Waals surface area (Å²) in [4.78, 5) is 40.9. The molecule has 3 aromatic carbocycles. The van der Waals surface area contributed by atoms with Gasteiger partial charge in [0, 0.05) is 42.9 Å². The van der Waals surface area contributed by atoms with Crippen LogP contribution in [0.15, 0.2) is 66.7 Å². The van der Waals surface area contributed by atoms with Crippen LogP contribution in [0.1, 0.15) is 68.9 Å². The molecule has 10 heteroatoms. The number of carbonyl (C=O) groups excluding carboxylic acids is 3. The summed E-state index contributed by atoms with van der Waals surface area (Å²) >= 11 is 0. The smallest absolute Gasteiger partial charge is 0.253 e. The lowest BCUT2D eigenvalue weighted by Gasteiger charge is -2.25. The predicted molar refractivity (Wildman–Crippen MR) is 170 cm³/mol. The number of rotatable bonds is 17. The Morgan fingerprint density at radius 1 is 0.841 bits per heavy atom. The summed E-state index contributed by atoms with van der Waals surface area (Å²) in [5.74, 6) is -0.135. The molecular formula is C34H44N4O6. The lowest BCUT2D eigenvalue weighted by molar-refractivity contribution is 0.0755. The largest absolute Gasteiger partial charge is 0.497 e. The molecule has 2 atom stereocenters. The van der Waals surface area contributed by atoms with Gasteiger partial charge in [0.25, 0.3) is 11.8 Å². The molecule has 5 N–H and O–H groups in total. The second kappa shape index (κ2) is 17.0. The SMILES string of the molecule is CCCN(CCC)C(=O)c1cc(C(N)=O)cc(C(=O)NC(Cc2ccc(OC)cc2)[C@H](O)CNCc2cccc(OC)c2)c1. The van der Waals surface area contributed by atoms with E-state index >= 15 is 0 Å². The maximum Gasteiger partial charge on any atom is 0.253 e. The number of primary amides is 1. The Morgan fingerprint density at radius 2 is 1.48 bits per heavy atom. The summed E-state index contributed by atoms with van der Waals surface area (Å²) in [5.41, 5.74) is 7.80. The van der Waals surface area contributed by atoms with Crippen LogP contribution in [0.25, 0.3) is 0 Å². The molecule has 1 unspecified atom stereocenters. The highest BCUT2D eigenvalue weighted by Gasteiger charge is 2.25. The van der Waals surface area contributed by atoms with Crippen LogP contribution >= 0.6 is 0 Å². The van der Waals surface area contributed by atoms with Gasteiger partial charge < -0.3 is 35.8 Å². The topological polar surface area (TPSA) is 143 Å². The maximum absolute atomic E-state index is 13.6. The first-order chi connectivity index (χ1) is 21.2. The molecule has 0 aromatic heterocycles. The van der Waals surface area contributed by atoms with E-state index in [0.717, 1.165) is 29.7 Å². The van der Waals surface area contributed by atoms with Crippen molar-refractivity contribution in [1.29, 1.82) is 0 Å². The summed E-state index contributed by atoms with van der Waals surface area (Å²) in [6, 6.07) is 18.5. The van der Waals surface area contributed by atoms with Gasteiger partial charge in [0.2, 0.25) is 5.91 Å². The minimum absolute atomic E-state index is 0.0566. The number of hydrogen-bond donors (Lipinski definition) is 4. The molecule has 0 aliphatic carbocycles. The number of ether oxygens (including phenoxy) is 2. The van der Waals surface area contributed by atoms with Gasteiger partial charge in [-0.15, -0.1) is 0 Å². The molecule has 0 aliphatic rings. The maximum atomic E-state index is 13.6. The average molecular weight is 605 g/mol. The van der Waals surface area contributed by atoms with Crippen LogP contribution in [-0.4, -0.2) is 73.7 Å². The quantitative estimate of drug-likeness (QED) is 0.185. The fraction of sp³-hybridized carbons (Fsp3) is 0.382. The van der Waals surface area contributed by atoms with E-state index in [0.29, 0.717) is 31.8 Å². The van der Waals surface area contributed by atoms with Gasteiger partial charge in [-0.05, 0) is 72.9 Å². The van der Waals surface area contributed by atoms with E-state index in [4.69, 9.17) is 15.2 Å². The van der Waals surface area contributed by atoms with E-state index in [1.165, 1.54) is 18.2 Å². The third-order valence-electron chi connectivity index (χ3n) is 7.21. The summed E-state index contributed by atoms with van der Waals surface area (Å²) in [7, 11) is 3.19. The number of amides is 3. The van der Waals surface area contributed by atoms with Crippen LogP contribution in [0.3, 0.4) is 0 Å². The Hall–Kier alpha value is -4.41. The van der Waals surface area contributed by atoms with Crippen LogP contribution < -0.4 is 25.8 Å². The van der Waals surface area contributed by atoms with Gasteiger partial charge in [0.1, 0.15) is 11.5 Å². The summed E-state index contributed by atoms with van der Waals surface area (Å²) in [6.07, 6.45) is 0.882. The van der Waals surface area contributed by atoms with Crippen molar-refractivity contribution >= 4 is 17.7 Å². The first-order valence-electron chi connectivity index (χ1n) is 14.9. The Labute approximate surface area is 259 Å². The molecule has 10 nitrogen and oxygen atoms in total. The van der Waals surface area contributed by atoms with E-state index < -0.39 is 24.0 Å². The van der Waals surface area contributed by atoms with Crippen molar-refractivity contribution in [3.05, 3.63) is 94.5 Å². The minimum Gasteiger partial charge on any atom is -0.497 e. The van der Waals surface area contributed by atoms with E-state index in [2.05, 4.69) is 10.6 Å². The minimum atomic E-state index is -0.975. The molecule has 3 rings (SSSR count). The van der Waals surface area contributed by atoms with Gasteiger partial charge in [0.15, 0.2) is 0 Å². The van der Waals surface area contributed by atoms with Crippen molar-refractivity contribution in [2.24, 2.45) is 5.73 Å². The van der Waals surface area contributed by atoms with Crippen molar-refractivity contribution in [2.75, 3.05) is 33.9 Å². The number of benzene rings is 3. The number of nitrogens with two attached hydrogens (primary N) is 1. The van der Waals surface area contributed by atoms with Crippen molar-refractivity contribution < 1.29 is 29.0 Å². The molecule has 0 heterocycles. The number of aliphatic hydroxyl groups excluding tert-OH is 1. The zero-order valence-corrected chi connectivity index (χ0v) is 26.0. The third kappa shape index (κ3) is 9.82. The Kier molecular flexibility index (Phi) is 13.2. The molecule has 0 bridgehead atoms. The third-order valence-corrected chi connectivity index (χ3v) is 7.21. The summed E-state index contributed by atoms with van der Waals surface area (Å²) in [5, 5.41) is 17.4. The summed E-state index contributed by atoms with van der Waals surface area (Å²) in [6.45, 7) is 5.73. The number of nitrogens with one attached hydrogen (secondary N) is 2. The van der Waals surface area contributed by atoms with Crippen LogP contribution in [-0.2, 0) is 13.0 Å². The van der Waals surface area contributed by atoms with Crippen molar-refractivity contribution in [3.8, 4) is 11.5 Å². The Bertz CT molecular complexity index is 1390. The molecule has 3 aromatic rings. The van der Waals surface area contributed by atoms with Gasteiger partial charge >= 0.3 is 0 Å². The van der Waals surface area contributed by atoms with Crippen LogP contribution in [0, 0.1) is 0 Å². The highest BCUT2D eigenvalue weighted by atomic mass is 16.5. The average Bonchev–Trinajstić information content (AvgIpc) is 3.04.